The number of hydrogen-bond donors (Lipinski definition) is 1. The van der Waals surface area contributed by atoms with E-state index in [9.17, 15) is 9.59 Å². The van der Waals surface area contributed by atoms with Crippen LogP contribution in [0, 0.1) is 20.8 Å². The smallest absolute Gasteiger partial charge is 0.251 e. The van der Waals surface area contributed by atoms with Crippen molar-refractivity contribution in [3.8, 4) is 11.5 Å². The second kappa shape index (κ2) is 12.2. The molecule has 40 heavy (non-hydrogen) atoms. The van der Waals surface area contributed by atoms with Gasteiger partial charge >= 0.3 is 0 Å². The number of benzene rings is 2. The summed E-state index contributed by atoms with van der Waals surface area (Å²) in [6.45, 7) is 6.08. The molecule has 5 rings (SSSR count). The molecule has 10 heteroatoms. The maximum absolute atomic E-state index is 14.0. The lowest BCUT2D eigenvalue weighted by Crippen LogP contribution is -2.41. The minimum absolute atomic E-state index is 0.0584. The monoisotopic (exact) mass is 555 g/mol. The van der Waals surface area contributed by atoms with Gasteiger partial charge in [0.1, 0.15) is 6.04 Å². The average molecular weight is 556 g/mol. The molecule has 4 aromatic rings. The molecule has 0 saturated carbocycles. The summed E-state index contributed by atoms with van der Waals surface area (Å²) in [5, 5.41) is 3.50. The number of carbonyl (C=O) groups is 2. The largest absolute Gasteiger partial charge is 0.454 e. The van der Waals surface area contributed by atoms with Crippen LogP contribution in [0.5, 0.6) is 11.5 Å². The predicted octanol–water partition coefficient (Wildman–Crippen LogP) is 5.03. The van der Waals surface area contributed by atoms with E-state index in [1.54, 1.807) is 35.5 Å². The van der Waals surface area contributed by atoms with E-state index in [0.717, 1.165) is 22.5 Å². The number of aromatic nitrogens is 3. The van der Waals surface area contributed by atoms with Crippen molar-refractivity contribution >= 4 is 29.3 Å². The zero-order valence-electron chi connectivity index (χ0n) is 22.5. The van der Waals surface area contributed by atoms with E-state index >= 15 is 0 Å². The Kier molecular flexibility index (Phi) is 8.26. The number of fused-ring (bicyclic) bond motifs is 1. The van der Waals surface area contributed by atoms with Crippen molar-refractivity contribution < 1.29 is 19.1 Å². The molecule has 1 atom stereocenters. The lowest BCUT2D eigenvalue weighted by atomic mass is 10.0. The van der Waals surface area contributed by atoms with Crippen LogP contribution >= 0.6 is 11.8 Å². The highest BCUT2D eigenvalue weighted by Crippen LogP contribution is 2.35. The quantitative estimate of drug-likeness (QED) is 0.227. The van der Waals surface area contributed by atoms with Crippen LogP contribution < -0.4 is 14.8 Å². The summed E-state index contributed by atoms with van der Waals surface area (Å²) in [7, 11) is 0. The molecular weight excluding hydrogens is 526 g/mol. The van der Waals surface area contributed by atoms with E-state index in [-0.39, 0.29) is 30.9 Å². The maximum atomic E-state index is 14.0. The summed E-state index contributed by atoms with van der Waals surface area (Å²) >= 11 is 1.25. The van der Waals surface area contributed by atoms with Gasteiger partial charge < -0.3 is 19.7 Å². The first-order valence-corrected chi connectivity index (χ1v) is 13.7. The van der Waals surface area contributed by atoms with Gasteiger partial charge in [-0.3, -0.25) is 14.6 Å². The fourth-order valence-electron chi connectivity index (χ4n) is 4.39. The highest BCUT2D eigenvalue weighted by molar-refractivity contribution is 7.99. The Bertz CT molecular complexity index is 1490. The molecule has 0 fully saturated rings. The van der Waals surface area contributed by atoms with Gasteiger partial charge in [-0.25, -0.2) is 9.97 Å². The molecule has 204 valence electrons. The minimum Gasteiger partial charge on any atom is -0.454 e. The summed E-state index contributed by atoms with van der Waals surface area (Å²) in [5.41, 5.74) is 4.74. The zero-order valence-corrected chi connectivity index (χ0v) is 23.3. The first kappa shape index (κ1) is 27.1. The average Bonchev–Trinajstić information content (AvgIpc) is 3.40. The summed E-state index contributed by atoms with van der Waals surface area (Å²) < 4.78 is 10.9. The van der Waals surface area contributed by atoms with Crippen LogP contribution in [0.4, 0.5) is 5.69 Å². The summed E-state index contributed by atoms with van der Waals surface area (Å²) in [5.74, 6) is 0.642. The molecule has 9 nitrogen and oxygen atoms in total. The van der Waals surface area contributed by atoms with Crippen molar-refractivity contribution in [2.24, 2.45) is 0 Å². The molecule has 2 aromatic heterocycles. The van der Waals surface area contributed by atoms with Crippen LogP contribution in [0.2, 0.25) is 0 Å². The number of hydrogen-bond acceptors (Lipinski definition) is 8. The molecule has 0 radical (unpaired) electrons. The minimum atomic E-state index is -0.917. The lowest BCUT2D eigenvalue weighted by molar-refractivity contribution is -0.137. The number of pyridine rings is 1. The number of nitrogens with zero attached hydrogens (tertiary/aromatic N) is 4. The SMILES string of the molecule is Cc1ccc([C@H](C(=O)Nc2ccc3c(c2)OCO3)N(Cc2cccnc2)C(=O)CSc2nc(C)cc(C)n2)cc1. The van der Waals surface area contributed by atoms with E-state index in [2.05, 4.69) is 20.3 Å². The first-order valence-electron chi connectivity index (χ1n) is 12.8. The Balaban J connectivity index is 1.47. The third-order valence-electron chi connectivity index (χ3n) is 6.28. The molecule has 0 aliphatic carbocycles. The van der Waals surface area contributed by atoms with Crippen molar-refractivity contribution in [1.82, 2.24) is 19.9 Å². The topological polar surface area (TPSA) is 107 Å². The molecule has 0 bridgehead atoms. The molecule has 1 aliphatic rings. The summed E-state index contributed by atoms with van der Waals surface area (Å²) in [6.07, 6.45) is 3.37. The third-order valence-corrected chi connectivity index (χ3v) is 7.11. The summed E-state index contributed by atoms with van der Waals surface area (Å²) in [4.78, 5) is 42.6. The molecule has 2 amide bonds. The highest BCUT2D eigenvalue weighted by atomic mass is 32.2. The lowest BCUT2D eigenvalue weighted by Gasteiger charge is -2.31. The second-order valence-corrected chi connectivity index (χ2v) is 10.4. The van der Waals surface area contributed by atoms with Crippen molar-refractivity contribution in [3.05, 3.63) is 101 Å². The number of amides is 2. The Morgan fingerprint density at radius 3 is 2.45 bits per heavy atom. The predicted molar refractivity (Wildman–Crippen MR) is 152 cm³/mol. The van der Waals surface area contributed by atoms with Crippen molar-refractivity contribution in [1.29, 1.82) is 0 Å². The van der Waals surface area contributed by atoms with Gasteiger partial charge in [0, 0.05) is 42.1 Å². The van der Waals surface area contributed by atoms with E-state index in [1.165, 1.54) is 11.8 Å². The third kappa shape index (κ3) is 6.58. The maximum Gasteiger partial charge on any atom is 0.251 e. The number of rotatable bonds is 9. The molecule has 0 unspecified atom stereocenters. The number of ether oxygens (including phenoxy) is 2. The molecule has 0 saturated heterocycles. The molecule has 3 heterocycles. The summed E-state index contributed by atoms with van der Waals surface area (Å²) in [6, 6.07) is 17.5. The van der Waals surface area contributed by atoms with Crippen molar-refractivity contribution in [2.75, 3.05) is 17.9 Å². The molecule has 1 N–H and O–H groups in total. The molecule has 1 aliphatic heterocycles. The molecule has 2 aromatic carbocycles. The fraction of sp³-hybridized carbons (Fsp3) is 0.233. The Hall–Kier alpha value is -4.44. The first-order chi connectivity index (χ1) is 19.4. The van der Waals surface area contributed by atoms with Crippen LogP contribution in [0.25, 0.3) is 0 Å². The van der Waals surface area contributed by atoms with Gasteiger partial charge in [-0.1, -0.05) is 47.7 Å². The van der Waals surface area contributed by atoms with Gasteiger partial charge in [0.15, 0.2) is 16.7 Å². The van der Waals surface area contributed by atoms with E-state index in [4.69, 9.17) is 9.47 Å². The van der Waals surface area contributed by atoms with Crippen LogP contribution in [0.1, 0.15) is 34.1 Å². The number of anilines is 1. The van der Waals surface area contributed by atoms with Crippen molar-refractivity contribution in [3.63, 3.8) is 0 Å². The van der Waals surface area contributed by atoms with E-state index in [1.807, 2.05) is 63.2 Å². The van der Waals surface area contributed by atoms with E-state index < -0.39 is 6.04 Å². The van der Waals surface area contributed by atoms with Gasteiger partial charge in [-0.05, 0) is 56.2 Å². The van der Waals surface area contributed by atoms with Crippen molar-refractivity contribution in [2.45, 2.75) is 38.5 Å². The van der Waals surface area contributed by atoms with Crippen LogP contribution in [0.3, 0.4) is 0 Å². The second-order valence-electron chi connectivity index (χ2n) is 9.48. The highest BCUT2D eigenvalue weighted by Gasteiger charge is 2.32. The number of aryl methyl sites for hydroxylation is 3. The number of nitrogens with one attached hydrogen (secondary N) is 1. The Morgan fingerprint density at radius 2 is 1.73 bits per heavy atom. The zero-order chi connectivity index (χ0) is 28.1. The van der Waals surface area contributed by atoms with Gasteiger partial charge in [0.25, 0.3) is 5.91 Å². The van der Waals surface area contributed by atoms with Gasteiger partial charge in [0.05, 0.1) is 5.75 Å². The Labute approximate surface area is 237 Å². The van der Waals surface area contributed by atoms with Gasteiger partial charge in [-0.15, -0.1) is 0 Å². The molecular formula is C30H29N5O4S. The molecule has 0 spiro atoms. The van der Waals surface area contributed by atoms with Gasteiger partial charge in [0.2, 0.25) is 12.7 Å². The van der Waals surface area contributed by atoms with Crippen LogP contribution in [0.15, 0.2) is 78.2 Å². The Morgan fingerprint density at radius 1 is 0.975 bits per heavy atom. The van der Waals surface area contributed by atoms with Gasteiger partial charge in [-0.2, -0.15) is 0 Å². The number of carbonyl (C=O) groups excluding carboxylic acids is 2. The van der Waals surface area contributed by atoms with E-state index in [0.29, 0.717) is 27.9 Å². The van der Waals surface area contributed by atoms with Crippen LogP contribution in [-0.4, -0.2) is 44.2 Å². The fourth-order valence-corrected chi connectivity index (χ4v) is 5.22. The standard InChI is InChI=1S/C30H29N5O4S/c1-19-6-8-23(9-7-19)28(29(37)34-24-10-11-25-26(14-24)39-18-38-25)35(16-22-5-4-12-31-15-22)27(36)17-40-30-32-20(2)13-21(3)33-30/h4-15,28H,16-18H2,1-3H3,(H,34,37)/t28-/m1/s1. The number of thioether (sulfide) groups is 1. The normalized spacial score (nSPS) is 12.6. The van der Waals surface area contributed by atoms with Crippen LogP contribution in [-0.2, 0) is 16.1 Å².